The largest absolute Gasteiger partial charge is 0.478 e. The van der Waals surface area contributed by atoms with Crippen molar-refractivity contribution >= 4 is 56.8 Å². The molecule has 0 saturated heterocycles. The Morgan fingerprint density at radius 3 is 1.02 bits per heavy atom. The first-order valence-electron chi connectivity index (χ1n) is 17.6. The van der Waals surface area contributed by atoms with Crippen molar-refractivity contribution in [1.82, 2.24) is 0 Å². The number of rotatable bonds is 8. The van der Waals surface area contributed by atoms with Gasteiger partial charge in [0.1, 0.15) is 0 Å². The van der Waals surface area contributed by atoms with Gasteiger partial charge in [0.15, 0.2) is 0 Å². The van der Waals surface area contributed by atoms with E-state index in [2.05, 4.69) is 0 Å². The van der Waals surface area contributed by atoms with Crippen molar-refractivity contribution in [3.05, 3.63) is 216 Å². The summed E-state index contributed by atoms with van der Waals surface area (Å²) in [5, 5.41) is 24.0. The molecule has 8 rings (SSSR count). The second-order valence-corrected chi connectivity index (χ2v) is 12.7. The Kier molecular flexibility index (Phi) is 10.6. The fraction of sp³-hybridized carbons (Fsp3) is 0. The van der Waals surface area contributed by atoms with E-state index in [9.17, 15) is 19.8 Å². The normalized spacial score (nSPS) is 11.5. The van der Waals surface area contributed by atoms with Crippen molar-refractivity contribution in [1.29, 1.82) is 0 Å². The first kappa shape index (κ1) is 35.1. The molecule has 2 N–H and O–H groups in total. The van der Waals surface area contributed by atoms with E-state index in [1.54, 1.807) is 12.2 Å². The maximum Gasteiger partial charge on any atom is 0.336 e. The van der Waals surface area contributed by atoms with E-state index < -0.39 is 11.9 Å². The highest BCUT2D eigenvalue weighted by molar-refractivity contribution is 6.27. The maximum absolute atomic E-state index is 12.3. The summed E-state index contributed by atoms with van der Waals surface area (Å²) in [6.45, 7) is 0. The molecule has 260 valence electrons. The van der Waals surface area contributed by atoms with Gasteiger partial charge in [-0.25, -0.2) is 9.59 Å². The molecule has 0 fully saturated rings. The van der Waals surface area contributed by atoms with Gasteiger partial charge in [-0.2, -0.15) is 0 Å². The molecular weight excluding hydrogens is 665 g/mol. The first-order valence-corrected chi connectivity index (χ1v) is 17.6. The molecule has 0 radical (unpaired) electrons. The summed E-state index contributed by atoms with van der Waals surface area (Å²) in [5.74, 6) is -1.88. The quantitative estimate of drug-likeness (QED) is 0.122. The number of carboxylic acids is 2. The van der Waals surface area contributed by atoms with Crippen LogP contribution >= 0.6 is 0 Å². The molecule has 0 unspecified atom stereocenters. The molecule has 0 aliphatic heterocycles. The standard InChI is InChI=1S/2C25H18O2/c2*26-25(27)23(17-18-9-3-1-4-10-18)24-21-14-8-7-13-20(21)15-16-22(24)19-11-5-2-6-12-19/h2*1-17H,(H,26,27)/b2*23-17+. The van der Waals surface area contributed by atoms with E-state index in [0.29, 0.717) is 0 Å². The van der Waals surface area contributed by atoms with Gasteiger partial charge in [0.25, 0.3) is 0 Å². The van der Waals surface area contributed by atoms with Crippen LogP contribution in [0.1, 0.15) is 22.3 Å². The molecule has 0 atom stereocenters. The zero-order valence-corrected chi connectivity index (χ0v) is 29.3. The molecule has 0 heterocycles. The smallest absolute Gasteiger partial charge is 0.336 e. The molecule has 0 aromatic heterocycles. The molecule has 0 aliphatic carbocycles. The van der Waals surface area contributed by atoms with Crippen LogP contribution in [0.2, 0.25) is 0 Å². The number of carbonyl (C=O) groups is 2. The van der Waals surface area contributed by atoms with Gasteiger partial charge in [-0.1, -0.05) is 194 Å². The van der Waals surface area contributed by atoms with Gasteiger partial charge in [0.2, 0.25) is 0 Å². The summed E-state index contributed by atoms with van der Waals surface area (Å²) in [5.41, 5.74) is 7.62. The van der Waals surface area contributed by atoms with Crippen molar-refractivity contribution in [2.75, 3.05) is 0 Å². The zero-order valence-electron chi connectivity index (χ0n) is 29.3. The van der Waals surface area contributed by atoms with Crippen LogP contribution < -0.4 is 0 Å². The lowest BCUT2D eigenvalue weighted by Crippen LogP contribution is -2.02. The molecule has 4 heteroatoms. The molecule has 0 aliphatic rings. The molecule has 8 aromatic rings. The van der Waals surface area contributed by atoms with E-state index in [-0.39, 0.29) is 11.1 Å². The Bertz CT molecular complexity index is 2440. The molecule has 0 saturated carbocycles. The Balaban J connectivity index is 0.000000167. The molecule has 4 nitrogen and oxygen atoms in total. The number of aliphatic carboxylic acids is 2. The van der Waals surface area contributed by atoms with Crippen LogP contribution in [-0.2, 0) is 9.59 Å². The monoisotopic (exact) mass is 700 g/mol. The molecular formula is C50H36O4. The Hall–Kier alpha value is -7.30. The lowest BCUT2D eigenvalue weighted by Gasteiger charge is -2.15. The second kappa shape index (κ2) is 16.4. The SMILES string of the molecule is O=C(O)/C(=C/c1ccccc1)c1c(-c2ccccc2)ccc2ccccc12.O=C(O)/C(=C/c1ccccc1)c1c(-c2ccccc2)ccc2ccccc12. The average molecular weight is 701 g/mol. The maximum atomic E-state index is 12.3. The summed E-state index contributed by atoms with van der Waals surface area (Å²) in [6, 6.07) is 62.9. The number of hydrogen-bond donors (Lipinski definition) is 2. The van der Waals surface area contributed by atoms with Crippen molar-refractivity contribution in [3.63, 3.8) is 0 Å². The van der Waals surface area contributed by atoms with E-state index in [1.807, 2.05) is 194 Å². The zero-order chi connectivity index (χ0) is 37.3. The number of fused-ring (bicyclic) bond motifs is 2. The third kappa shape index (κ3) is 7.79. The number of carboxylic acid groups (broad SMARTS) is 2. The minimum Gasteiger partial charge on any atom is -0.478 e. The molecule has 8 aromatic carbocycles. The predicted octanol–water partition coefficient (Wildman–Crippen LogP) is 12.3. The third-order valence-electron chi connectivity index (χ3n) is 9.25. The van der Waals surface area contributed by atoms with Crippen molar-refractivity contribution in [3.8, 4) is 22.3 Å². The minimum absolute atomic E-state index is 0.289. The fourth-order valence-electron chi connectivity index (χ4n) is 6.75. The van der Waals surface area contributed by atoms with Crippen molar-refractivity contribution in [2.45, 2.75) is 0 Å². The van der Waals surface area contributed by atoms with Gasteiger partial charge in [-0.05, 0) is 67.1 Å². The Morgan fingerprint density at radius 2 is 0.667 bits per heavy atom. The topological polar surface area (TPSA) is 74.6 Å². The highest BCUT2D eigenvalue weighted by Gasteiger charge is 2.20. The van der Waals surface area contributed by atoms with Gasteiger partial charge < -0.3 is 10.2 Å². The van der Waals surface area contributed by atoms with E-state index in [0.717, 1.165) is 66.1 Å². The lowest BCUT2D eigenvalue weighted by atomic mass is 9.89. The highest BCUT2D eigenvalue weighted by Crippen LogP contribution is 2.38. The van der Waals surface area contributed by atoms with Gasteiger partial charge in [0.05, 0.1) is 11.1 Å². The summed E-state index contributed by atoms with van der Waals surface area (Å²) in [6.07, 6.45) is 3.49. The third-order valence-corrected chi connectivity index (χ3v) is 9.25. The van der Waals surface area contributed by atoms with Crippen LogP contribution in [-0.4, -0.2) is 22.2 Å². The number of hydrogen-bond acceptors (Lipinski definition) is 2. The van der Waals surface area contributed by atoms with E-state index >= 15 is 0 Å². The summed E-state index contributed by atoms with van der Waals surface area (Å²) >= 11 is 0. The summed E-state index contributed by atoms with van der Waals surface area (Å²) < 4.78 is 0. The average Bonchev–Trinajstić information content (AvgIpc) is 3.23. The van der Waals surface area contributed by atoms with Crippen LogP contribution in [0.5, 0.6) is 0 Å². The summed E-state index contributed by atoms with van der Waals surface area (Å²) in [7, 11) is 0. The van der Waals surface area contributed by atoms with Crippen LogP contribution in [0.4, 0.5) is 0 Å². The highest BCUT2D eigenvalue weighted by atomic mass is 16.4. The van der Waals surface area contributed by atoms with Crippen molar-refractivity contribution < 1.29 is 19.8 Å². The lowest BCUT2D eigenvalue weighted by molar-refractivity contribution is -0.131. The van der Waals surface area contributed by atoms with Gasteiger partial charge >= 0.3 is 11.9 Å². The molecule has 0 amide bonds. The Morgan fingerprint density at radius 1 is 0.352 bits per heavy atom. The molecule has 0 bridgehead atoms. The molecule has 54 heavy (non-hydrogen) atoms. The van der Waals surface area contributed by atoms with Gasteiger partial charge in [0, 0.05) is 11.1 Å². The number of benzene rings is 8. The van der Waals surface area contributed by atoms with Gasteiger partial charge in [-0.3, -0.25) is 0 Å². The molecule has 0 spiro atoms. The van der Waals surface area contributed by atoms with Crippen molar-refractivity contribution in [2.24, 2.45) is 0 Å². The minimum atomic E-state index is -0.938. The first-order chi connectivity index (χ1) is 26.5. The second-order valence-electron chi connectivity index (χ2n) is 12.7. The van der Waals surface area contributed by atoms with Crippen LogP contribution in [0.3, 0.4) is 0 Å². The van der Waals surface area contributed by atoms with Crippen LogP contribution in [0.25, 0.3) is 67.1 Å². The summed E-state index contributed by atoms with van der Waals surface area (Å²) in [4.78, 5) is 24.5. The van der Waals surface area contributed by atoms with E-state index in [4.69, 9.17) is 0 Å². The predicted molar refractivity (Wildman–Crippen MR) is 223 cm³/mol. The fourth-order valence-corrected chi connectivity index (χ4v) is 6.75. The van der Waals surface area contributed by atoms with Crippen LogP contribution in [0.15, 0.2) is 194 Å². The Labute approximate surface area is 314 Å². The van der Waals surface area contributed by atoms with Gasteiger partial charge in [-0.15, -0.1) is 0 Å². The van der Waals surface area contributed by atoms with Crippen LogP contribution in [0, 0.1) is 0 Å². The van der Waals surface area contributed by atoms with E-state index in [1.165, 1.54) is 0 Å².